The molecule has 1 atom stereocenters. The molecule has 6 heteroatoms. The fourth-order valence-corrected chi connectivity index (χ4v) is 5.38. The van der Waals surface area contributed by atoms with Crippen molar-refractivity contribution in [3.63, 3.8) is 0 Å². The van der Waals surface area contributed by atoms with Crippen molar-refractivity contribution in [2.45, 2.75) is 31.8 Å². The SMILES string of the molecule is COc1cccc(CC(C2CCN(C(=O)/C=C/c3cccs3)CC2)N(C)Cc2ccncc2)c1. The van der Waals surface area contributed by atoms with E-state index in [0.29, 0.717) is 12.0 Å². The molecule has 0 aliphatic carbocycles. The third kappa shape index (κ3) is 6.55. The summed E-state index contributed by atoms with van der Waals surface area (Å²) in [4.78, 5) is 22.4. The van der Waals surface area contributed by atoms with Crippen molar-refractivity contribution < 1.29 is 9.53 Å². The van der Waals surface area contributed by atoms with Crippen LogP contribution in [0.3, 0.4) is 0 Å². The van der Waals surface area contributed by atoms with Crippen LogP contribution in [-0.4, -0.2) is 54.0 Å². The number of nitrogens with zero attached hydrogens (tertiary/aromatic N) is 3. The highest BCUT2D eigenvalue weighted by Gasteiger charge is 2.30. The van der Waals surface area contributed by atoms with Crippen molar-refractivity contribution in [1.29, 1.82) is 0 Å². The number of thiophene rings is 1. The molecule has 0 spiro atoms. The minimum atomic E-state index is 0.112. The molecule has 4 rings (SSSR count). The van der Waals surface area contributed by atoms with Gasteiger partial charge in [-0.25, -0.2) is 0 Å². The summed E-state index contributed by atoms with van der Waals surface area (Å²) >= 11 is 1.65. The van der Waals surface area contributed by atoms with Gasteiger partial charge in [-0.3, -0.25) is 14.7 Å². The number of pyridine rings is 1. The number of hydrogen-bond donors (Lipinski definition) is 0. The van der Waals surface area contributed by atoms with Gasteiger partial charge in [-0.15, -0.1) is 11.3 Å². The maximum Gasteiger partial charge on any atom is 0.246 e. The molecular formula is C28H33N3O2S. The summed E-state index contributed by atoms with van der Waals surface area (Å²) in [5, 5.41) is 2.03. The molecule has 1 unspecified atom stereocenters. The van der Waals surface area contributed by atoms with Crippen molar-refractivity contribution in [2.75, 3.05) is 27.2 Å². The Morgan fingerprint density at radius 1 is 1.18 bits per heavy atom. The van der Waals surface area contributed by atoms with E-state index in [0.717, 1.165) is 49.5 Å². The van der Waals surface area contributed by atoms with Crippen LogP contribution in [-0.2, 0) is 17.8 Å². The van der Waals surface area contributed by atoms with Crippen molar-refractivity contribution in [1.82, 2.24) is 14.8 Å². The van der Waals surface area contributed by atoms with Gasteiger partial charge in [-0.05, 0) is 85.1 Å². The van der Waals surface area contributed by atoms with E-state index in [1.54, 1.807) is 24.5 Å². The number of hydrogen-bond acceptors (Lipinski definition) is 5. The van der Waals surface area contributed by atoms with Crippen LogP contribution in [0.1, 0.15) is 28.8 Å². The standard InChI is InChI=1S/C28H33N3O2S/c1-30(21-22-10-14-29-15-11-22)27(20-23-5-3-6-25(19-23)33-2)24-12-16-31(17-13-24)28(32)9-8-26-7-4-18-34-26/h3-11,14-15,18-19,24,27H,12-13,16-17,20-21H2,1-2H3/b9-8+. The van der Waals surface area contributed by atoms with Crippen molar-refractivity contribution >= 4 is 23.3 Å². The number of amides is 1. The van der Waals surface area contributed by atoms with E-state index in [-0.39, 0.29) is 5.91 Å². The molecule has 1 amide bonds. The van der Waals surface area contributed by atoms with Crippen LogP contribution >= 0.6 is 11.3 Å². The molecule has 1 aliphatic heterocycles. The zero-order chi connectivity index (χ0) is 23.8. The molecule has 34 heavy (non-hydrogen) atoms. The number of ether oxygens (including phenoxy) is 1. The molecule has 3 heterocycles. The number of methoxy groups -OCH3 is 1. The number of piperidine rings is 1. The topological polar surface area (TPSA) is 45.7 Å². The van der Waals surface area contributed by atoms with Crippen LogP contribution in [0, 0.1) is 5.92 Å². The average Bonchev–Trinajstić information content (AvgIpc) is 3.40. The average molecular weight is 476 g/mol. The second-order valence-corrected chi connectivity index (χ2v) is 9.88. The summed E-state index contributed by atoms with van der Waals surface area (Å²) in [6, 6.07) is 17.0. The summed E-state index contributed by atoms with van der Waals surface area (Å²) in [5.74, 6) is 1.52. The molecule has 5 nitrogen and oxygen atoms in total. The summed E-state index contributed by atoms with van der Waals surface area (Å²) in [6.45, 7) is 2.48. The van der Waals surface area contributed by atoms with Crippen molar-refractivity contribution in [3.8, 4) is 5.75 Å². The van der Waals surface area contributed by atoms with E-state index < -0.39 is 0 Å². The number of carbonyl (C=O) groups is 1. The molecule has 1 aliphatic rings. The molecular weight excluding hydrogens is 442 g/mol. The Morgan fingerprint density at radius 3 is 2.68 bits per heavy atom. The van der Waals surface area contributed by atoms with Crippen LogP contribution in [0.4, 0.5) is 0 Å². The number of carbonyl (C=O) groups excluding carboxylic acids is 1. The largest absolute Gasteiger partial charge is 0.497 e. The summed E-state index contributed by atoms with van der Waals surface area (Å²) in [6.07, 6.45) is 10.3. The van der Waals surface area contributed by atoms with Gasteiger partial charge in [0.25, 0.3) is 0 Å². The predicted molar refractivity (Wildman–Crippen MR) is 139 cm³/mol. The Kier molecular flexibility index (Phi) is 8.50. The first-order valence-corrected chi connectivity index (χ1v) is 12.7. The monoisotopic (exact) mass is 475 g/mol. The highest BCUT2D eigenvalue weighted by molar-refractivity contribution is 7.10. The molecule has 1 fully saturated rings. The lowest BCUT2D eigenvalue weighted by atomic mass is 9.84. The Balaban J connectivity index is 1.43. The van der Waals surface area contributed by atoms with Gasteiger partial charge in [0.05, 0.1) is 7.11 Å². The lowest BCUT2D eigenvalue weighted by molar-refractivity contribution is -0.127. The predicted octanol–water partition coefficient (Wildman–Crippen LogP) is 5.15. The van der Waals surface area contributed by atoms with Gasteiger partial charge < -0.3 is 9.64 Å². The Hall–Kier alpha value is -2.96. The minimum Gasteiger partial charge on any atom is -0.497 e. The fraction of sp³-hybridized carbons (Fsp3) is 0.357. The molecule has 178 valence electrons. The summed E-state index contributed by atoms with van der Waals surface area (Å²) in [7, 11) is 3.93. The number of benzene rings is 1. The van der Waals surface area contributed by atoms with Gasteiger partial charge >= 0.3 is 0 Å². The highest BCUT2D eigenvalue weighted by Crippen LogP contribution is 2.28. The normalized spacial score (nSPS) is 15.7. The lowest BCUT2D eigenvalue weighted by Gasteiger charge is -2.40. The van der Waals surface area contributed by atoms with E-state index in [4.69, 9.17) is 4.74 Å². The molecule has 1 saturated heterocycles. The van der Waals surface area contributed by atoms with Gasteiger partial charge in [0.2, 0.25) is 5.91 Å². The molecule has 3 aromatic rings. The zero-order valence-corrected chi connectivity index (χ0v) is 20.8. The van der Waals surface area contributed by atoms with Crippen LogP contribution in [0.5, 0.6) is 5.75 Å². The van der Waals surface area contributed by atoms with E-state index in [1.165, 1.54) is 11.1 Å². The molecule has 0 saturated carbocycles. The van der Waals surface area contributed by atoms with E-state index in [2.05, 4.69) is 47.3 Å². The fourth-order valence-electron chi connectivity index (χ4n) is 4.77. The van der Waals surface area contributed by atoms with Gasteiger partial charge in [-0.2, -0.15) is 0 Å². The van der Waals surface area contributed by atoms with E-state index in [1.807, 2.05) is 46.9 Å². The molecule has 2 aromatic heterocycles. The summed E-state index contributed by atoms with van der Waals surface area (Å²) < 4.78 is 5.46. The molecule has 0 radical (unpaired) electrons. The van der Waals surface area contributed by atoms with Gasteiger partial charge in [0.1, 0.15) is 5.75 Å². The lowest BCUT2D eigenvalue weighted by Crippen LogP contribution is -2.46. The van der Waals surface area contributed by atoms with E-state index in [9.17, 15) is 4.79 Å². The first-order valence-electron chi connectivity index (χ1n) is 11.8. The smallest absolute Gasteiger partial charge is 0.246 e. The Bertz CT molecular complexity index is 1060. The number of rotatable bonds is 9. The number of aromatic nitrogens is 1. The third-order valence-corrected chi connectivity index (χ3v) is 7.49. The Labute approximate surface area is 206 Å². The Morgan fingerprint density at radius 2 is 1.97 bits per heavy atom. The maximum atomic E-state index is 12.7. The van der Waals surface area contributed by atoms with Crippen molar-refractivity contribution in [2.24, 2.45) is 5.92 Å². The van der Waals surface area contributed by atoms with Crippen LogP contribution in [0.2, 0.25) is 0 Å². The second-order valence-electron chi connectivity index (χ2n) is 8.91. The maximum absolute atomic E-state index is 12.7. The molecule has 0 N–H and O–H groups in total. The van der Waals surface area contributed by atoms with E-state index >= 15 is 0 Å². The number of likely N-dealkylation sites (tertiary alicyclic amines) is 1. The second kappa shape index (κ2) is 12.0. The third-order valence-electron chi connectivity index (χ3n) is 6.66. The van der Waals surface area contributed by atoms with Crippen LogP contribution in [0.25, 0.3) is 6.08 Å². The molecule has 1 aromatic carbocycles. The van der Waals surface area contributed by atoms with Gasteiger partial charge in [0.15, 0.2) is 0 Å². The van der Waals surface area contributed by atoms with Gasteiger partial charge in [-0.1, -0.05) is 18.2 Å². The van der Waals surface area contributed by atoms with Crippen LogP contribution < -0.4 is 4.74 Å². The number of likely N-dealkylation sites (N-methyl/N-ethyl adjacent to an activating group) is 1. The molecule has 0 bridgehead atoms. The first kappa shape index (κ1) is 24.2. The zero-order valence-electron chi connectivity index (χ0n) is 20.0. The first-order chi connectivity index (χ1) is 16.6. The quantitative estimate of drug-likeness (QED) is 0.402. The summed E-state index contributed by atoms with van der Waals surface area (Å²) in [5.41, 5.74) is 2.54. The minimum absolute atomic E-state index is 0.112. The highest BCUT2D eigenvalue weighted by atomic mass is 32.1. The van der Waals surface area contributed by atoms with Crippen molar-refractivity contribution in [3.05, 3.63) is 88.4 Å². The van der Waals surface area contributed by atoms with Crippen LogP contribution in [0.15, 0.2) is 72.4 Å². The van der Waals surface area contributed by atoms with Gasteiger partial charge in [0, 0.05) is 49.0 Å².